The maximum atomic E-state index is 11.4. The third kappa shape index (κ3) is 4.28. The zero-order chi connectivity index (χ0) is 15.4. The van der Waals surface area contributed by atoms with E-state index in [1.165, 1.54) is 6.92 Å². The highest BCUT2D eigenvalue weighted by Crippen LogP contribution is 2.20. The Balaban J connectivity index is 2.10. The van der Waals surface area contributed by atoms with Crippen LogP contribution >= 0.6 is 23.8 Å². The van der Waals surface area contributed by atoms with Crippen molar-refractivity contribution in [3.8, 4) is 0 Å². The predicted molar refractivity (Wildman–Crippen MR) is 92.5 cm³/mol. The summed E-state index contributed by atoms with van der Waals surface area (Å²) in [5.41, 5.74) is 3.30. The molecule has 0 spiro atoms. The van der Waals surface area contributed by atoms with Crippen molar-refractivity contribution >= 4 is 46.1 Å². The van der Waals surface area contributed by atoms with Gasteiger partial charge in [0, 0.05) is 22.0 Å². The van der Waals surface area contributed by atoms with Crippen LogP contribution in [0.2, 0.25) is 5.02 Å². The number of hydrogen-bond donors (Lipinski definition) is 2. The molecule has 2 N–H and O–H groups in total. The van der Waals surface area contributed by atoms with Gasteiger partial charge in [-0.3, -0.25) is 4.79 Å². The van der Waals surface area contributed by atoms with Gasteiger partial charge >= 0.3 is 0 Å². The molecule has 5 heteroatoms. The molecule has 0 aromatic heterocycles. The molecule has 0 atom stereocenters. The lowest BCUT2D eigenvalue weighted by Gasteiger charge is -2.13. The van der Waals surface area contributed by atoms with E-state index in [9.17, 15) is 4.79 Å². The molecule has 0 unspecified atom stereocenters. The molecule has 0 aliphatic heterocycles. The van der Waals surface area contributed by atoms with Crippen LogP contribution in [-0.2, 0) is 0 Å². The van der Waals surface area contributed by atoms with E-state index >= 15 is 0 Å². The van der Waals surface area contributed by atoms with E-state index in [0.29, 0.717) is 15.7 Å². The van der Waals surface area contributed by atoms with Crippen LogP contribution in [0, 0.1) is 6.92 Å². The fraction of sp³-hybridized carbons (Fsp3) is 0.125. The lowest BCUT2D eigenvalue weighted by Crippen LogP contribution is -2.19. The Morgan fingerprint density at radius 3 is 2.62 bits per heavy atom. The van der Waals surface area contributed by atoms with Gasteiger partial charge in [-0.05, 0) is 55.9 Å². The van der Waals surface area contributed by atoms with E-state index < -0.39 is 0 Å². The molecule has 0 bridgehead atoms. The molecule has 0 amide bonds. The summed E-state index contributed by atoms with van der Waals surface area (Å²) < 4.78 is 0. The number of anilines is 2. The summed E-state index contributed by atoms with van der Waals surface area (Å²) in [5, 5.41) is 7.24. The van der Waals surface area contributed by atoms with Gasteiger partial charge in [0.25, 0.3) is 0 Å². The summed E-state index contributed by atoms with van der Waals surface area (Å²) in [6.45, 7) is 3.50. The minimum Gasteiger partial charge on any atom is -0.332 e. The monoisotopic (exact) mass is 318 g/mol. The topological polar surface area (TPSA) is 41.1 Å². The third-order valence-electron chi connectivity index (χ3n) is 2.97. The second-order valence-corrected chi connectivity index (χ2v) is 5.52. The van der Waals surface area contributed by atoms with Gasteiger partial charge in [0.05, 0.1) is 0 Å². The van der Waals surface area contributed by atoms with Crippen LogP contribution in [0.4, 0.5) is 11.4 Å². The van der Waals surface area contributed by atoms with Gasteiger partial charge in [0.2, 0.25) is 0 Å². The smallest absolute Gasteiger partial charge is 0.175 e. The van der Waals surface area contributed by atoms with Crippen molar-refractivity contribution in [3.63, 3.8) is 0 Å². The van der Waals surface area contributed by atoms with Gasteiger partial charge in [0.15, 0.2) is 10.9 Å². The highest BCUT2D eigenvalue weighted by Gasteiger charge is 2.04. The number of rotatable bonds is 3. The van der Waals surface area contributed by atoms with E-state index in [1.54, 1.807) is 12.1 Å². The quantitative estimate of drug-likeness (QED) is 0.638. The number of Topliss-reactive ketones (excluding diaryl/α,β-unsaturated/α-hetero) is 1. The minimum atomic E-state index is 0.0169. The molecule has 0 heterocycles. The third-order valence-corrected chi connectivity index (χ3v) is 3.41. The van der Waals surface area contributed by atoms with Crippen molar-refractivity contribution in [1.29, 1.82) is 0 Å². The molecule has 21 heavy (non-hydrogen) atoms. The molecule has 3 nitrogen and oxygen atoms in total. The van der Waals surface area contributed by atoms with Gasteiger partial charge in [-0.1, -0.05) is 29.8 Å². The average molecular weight is 319 g/mol. The molecule has 0 saturated heterocycles. The maximum Gasteiger partial charge on any atom is 0.175 e. The lowest BCUT2D eigenvalue weighted by atomic mass is 10.1. The van der Waals surface area contributed by atoms with Crippen LogP contribution in [-0.4, -0.2) is 10.9 Å². The van der Waals surface area contributed by atoms with Crippen LogP contribution in [0.25, 0.3) is 0 Å². The molecule has 0 saturated carbocycles. The van der Waals surface area contributed by atoms with E-state index in [-0.39, 0.29) is 5.78 Å². The highest BCUT2D eigenvalue weighted by molar-refractivity contribution is 7.80. The Hall–Kier alpha value is -1.91. The van der Waals surface area contributed by atoms with Gasteiger partial charge in [-0.15, -0.1) is 0 Å². The molecule has 0 radical (unpaired) electrons. The Bertz CT molecular complexity index is 700. The first-order valence-electron chi connectivity index (χ1n) is 6.41. The molecular formula is C16H15ClN2OS. The number of carbonyl (C=O) groups is 1. The van der Waals surface area contributed by atoms with Crippen molar-refractivity contribution in [3.05, 3.63) is 58.6 Å². The number of aryl methyl sites for hydroxylation is 1. The second-order valence-electron chi connectivity index (χ2n) is 4.68. The first-order valence-corrected chi connectivity index (χ1v) is 7.19. The van der Waals surface area contributed by atoms with E-state index in [1.807, 2.05) is 37.3 Å². The first kappa shape index (κ1) is 15.5. The van der Waals surface area contributed by atoms with E-state index in [0.717, 1.165) is 16.9 Å². The zero-order valence-electron chi connectivity index (χ0n) is 11.7. The van der Waals surface area contributed by atoms with E-state index in [2.05, 4.69) is 10.6 Å². The summed E-state index contributed by atoms with van der Waals surface area (Å²) in [6, 6.07) is 12.8. The van der Waals surface area contributed by atoms with Crippen LogP contribution in [0.5, 0.6) is 0 Å². The predicted octanol–water partition coefficient (Wildman–Crippen LogP) is 4.66. The Morgan fingerprint density at radius 1 is 1.14 bits per heavy atom. The van der Waals surface area contributed by atoms with Gasteiger partial charge in [0.1, 0.15) is 0 Å². The van der Waals surface area contributed by atoms with Crippen molar-refractivity contribution < 1.29 is 4.79 Å². The fourth-order valence-corrected chi connectivity index (χ4v) is 2.23. The van der Waals surface area contributed by atoms with Crippen LogP contribution in [0.3, 0.4) is 0 Å². The standard InChI is InChI=1S/C16H15ClN2OS/c1-10-6-7-13(17)9-15(10)19-16(21)18-14-5-3-4-12(8-14)11(2)20/h3-9H,1-2H3,(H2,18,19,21). The molecule has 0 fully saturated rings. The largest absolute Gasteiger partial charge is 0.332 e. The molecule has 108 valence electrons. The van der Waals surface area contributed by atoms with Crippen molar-refractivity contribution in [1.82, 2.24) is 0 Å². The number of halogens is 1. The molecule has 2 aromatic rings. The number of carbonyl (C=O) groups excluding carboxylic acids is 1. The lowest BCUT2D eigenvalue weighted by molar-refractivity contribution is 0.101. The van der Waals surface area contributed by atoms with Crippen LogP contribution in [0.1, 0.15) is 22.8 Å². The number of nitrogens with one attached hydrogen (secondary N) is 2. The highest BCUT2D eigenvalue weighted by atomic mass is 35.5. The fourth-order valence-electron chi connectivity index (χ4n) is 1.83. The minimum absolute atomic E-state index is 0.0169. The molecule has 0 aliphatic rings. The molecular weight excluding hydrogens is 304 g/mol. The summed E-state index contributed by atoms with van der Waals surface area (Å²) in [4.78, 5) is 11.4. The summed E-state index contributed by atoms with van der Waals surface area (Å²) in [6.07, 6.45) is 0. The number of ketones is 1. The van der Waals surface area contributed by atoms with Gasteiger partial charge in [-0.25, -0.2) is 0 Å². The SMILES string of the molecule is CC(=O)c1cccc(NC(=S)Nc2cc(Cl)ccc2C)c1. The second kappa shape index (κ2) is 6.70. The Kier molecular flexibility index (Phi) is 4.94. The van der Waals surface area contributed by atoms with Gasteiger partial charge < -0.3 is 10.6 Å². The van der Waals surface area contributed by atoms with Crippen molar-refractivity contribution in [2.24, 2.45) is 0 Å². The number of thiocarbonyl (C=S) groups is 1. The van der Waals surface area contributed by atoms with Crippen molar-refractivity contribution in [2.75, 3.05) is 10.6 Å². The number of hydrogen-bond acceptors (Lipinski definition) is 2. The van der Waals surface area contributed by atoms with Crippen LogP contribution < -0.4 is 10.6 Å². The summed E-state index contributed by atoms with van der Waals surface area (Å²) in [5.74, 6) is 0.0169. The molecule has 2 rings (SSSR count). The van der Waals surface area contributed by atoms with Crippen LogP contribution in [0.15, 0.2) is 42.5 Å². The van der Waals surface area contributed by atoms with Crippen molar-refractivity contribution in [2.45, 2.75) is 13.8 Å². The Morgan fingerprint density at radius 2 is 1.90 bits per heavy atom. The zero-order valence-corrected chi connectivity index (χ0v) is 13.3. The number of benzene rings is 2. The maximum absolute atomic E-state index is 11.4. The molecule has 2 aromatic carbocycles. The molecule has 0 aliphatic carbocycles. The first-order chi connectivity index (χ1) is 9.95. The summed E-state index contributed by atoms with van der Waals surface area (Å²) in [7, 11) is 0. The Labute approximate surface area is 134 Å². The normalized spacial score (nSPS) is 10.0. The van der Waals surface area contributed by atoms with E-state index in [4.69, 9.17) is 23.8 Å². The average Bonchev–Trinajstić information content (AvgIpc) is 2.43. The summed E-state index contributed by atoms with van der Waals surface area (Å²) >= 11 is 11.3. The van der Waals surface area contributed by atoms with Gasteiger partial charge in [-0.2, -0.15) is 0 Å².